The van der Waals surface area contributed by atoms with Gasteiger partial charge in [0.2, 0.25) is 5.91 Å². The van der Waals surface area contributed by atoms with Crippen LogP contribution in [-0.2, 0) is 11.2 Å². The van der Waals surface area contributed by atoms with E-state index in [0.717, 1.165) is 55.4 Å². The fraction of sp³-hybridized carbons (Fsp3) is 0.0606. The van der Waals surface area contributed by atoms with Gasteiger partial charge in [0.15, 0.2) is 5.65 Å². The van der Waals surface area contributed by atoms with E-state index in [2.05, 4.69) is 35.5 Å². The van der Waals surface area contributed by atoms with Gasteiger partial charge >= 0.3 is 0 Å². The number of halogens is 1. The lowest BCUT2D eigenvalue weighted by molar-refractivity contribution is -0.115. The van der Waals surface area contributed by atoms with Crippen molar-refractivity contribution < 1.29 is 9.18 Å². The first kappa shape index (κ1) is 25.3. The monoisotopic (exact) mass is 553 g/mol. The Kier molecular flexibility index (Phi) is 6.24. The number of aromatic amines is 2. The molecule has 204 valence electrons. The predicted molar refractivity (Wildman–Crippen MR) is 161 cm³/mol. The maximum absolute atomic E-state index is 14.2. The third kappa shape index (κ3) is 4.88. The minimum atomic E-state index is -0.288. The summed E-state index contributed by atoms with van der Waals surface area (Å²) in [7, 11) is 0. The molecule has 1 amide bonds. The first-order valence-corrected chi connectivity index (χ1v) is 13.4. The lowest BCUT2D eigenvalue weighted by Gasteiger charge is -2.07. The van der Waals surface area contributed by atoms with Crippen LogP contribution in [-0.4, -0.2) is 36.0 Å². The number of H-pyrrole nitrogens is 2. The Morgan fingerprint density at radius 2 is 1.69 bits per heavy atom. The molecule has 0 radical (unpaired) electrons. The molecule has 0 saturated heterocycles. The van der Waals surface area contributed by atoms with E-state index < -0.39 is 0 Å². The highest BCUT2D eigenvalue weighted by Gasteiger charge is 2.16. The minimum absolute atomic E-state index is 0.119. The van der Waals surface area contributed by atoms with Gasteiger partial charge in [0.05, 0.1) is 35.7 Å². The molecule has 7 rings (SSSR count). The van der Waals surface area contributed by atoms with Gasteiger partial charge < -0.3 is 10.3 Å². The molecule has 2 aromatic carbocycles. The second-order valence-corrected chi connectivity index (χ2v) is 10.2. The van der Waals surface area contributed by atoms with Gasteiger partial charge in [0, 0.05) is 46.1 Å². The van der Waals surface area contributed by atoms with Gasteiger partial charge in [0.25, 0.3) is 0 Å². The van der Waals surface area contributed by atoms with E-state index in [1.807, 2.05) is 61.5 Å². The van der Waals surface area contributed by atoms with Crippen LogP contribution in [0.3, 0.4) is 0 Å². The Bertz CT molecular complexity index is 2080. The van der Waals surface area contributed by atoms with Crippen molar-refractivity contribution >= 4 is 33.5 Å². The zero-order valence-electron chi connectivity index (χ0n) is 22.5. The molecule has 9 heteroatoms. The van der Waals surface area contributed by atoms with Crippen LogP contribution in [0.5, 0.6) is 0 Å². The van der Waals surface area contributed by atoms with Gasteiger partial charge in [-0.25, -0.2) is 9.37 Å². The van der Waals surface area contributed by atoms with E-state index in [1.54, 1.807) is 31.0 Å². The summed E-state index contributed by atoms with van der Waals surface area (Å²) in [5, 5.41) is 12.2. The molecule has 0 atom stereocenters. The summed E-state index contributed by atoms with van der Waals surface area (Å²) >= 11 is 0. The van der Waals surface area contributed by atoms with Crippen molar-refractivity contribution in [2.24, 2.45) is 0 Å². The number of amides is 1. The Morgan fingerprint density at radius 1 is 0.857 bits per heavy atom. The summed E-state index contributed by atoms with van der Waals surface area (Å²) in [6.45, 7) is 1.87. The van der Waals surface area contributed by atoms with Crippen molar-refractivity contribution in [3.63, 3.8) is 0 Å². The van der Waals surface area contributed by atoms with Crippen LogP contribution >= 0.6 is 0 Å². The van der Waals surface area contributed by atoms with E-state index >= 15 is 0 Å². The molecule has 0 fully saturated rings. The van der Waals surface area contributed by atoms with E-state index in [0.29, 0.717) is 17.0 Å². The smallest absolute Gasteiger partial charge is 0.228 e. The van der Waals surface area contributed by atoms with Crippen molar-refractivity contribution in [1.29, 1.82) is 0 Å². The number of nitrogens with one attached hydrogen (secondary N) is 3. The van der Waals surface area contributed by atoms with Crippen molar-refractivity contribution in [2.45, 2.75) is 13.3 Å². The van der Waals surface area contributed by atoms with Crippen LogP contribution < -0.4 is 5.32 Å². The molecule has 0 aliphatic carbocycles. The molecular weight excluding hydrogens is 529 g/mol. The lowest BCUT2D eigenvalue weighted by atomic mass is 10.0. The van der Waals surface area contributed by atoms with Gasteiger partial charge in [-0.15, -0.1) is 0 Å². The highest BCUT2D eigenvalue weighted by molar-refractivity contribution is 6.01. The highest BCUT2D eigenvalue weighted by atomic mass is 19.1. The number of hydrogen-bond donors (Lipinski definition) is 3. The number of carbonyl (C=O) groups excluding carboxylic acids is 1. The molecular formula is C33H24FN7O. The summed E-state index contributed by atoms with van der Waals surface area (Å²) in [4.78, 5) is 29.3. The number of fused-ring (bicyclic) bond motifs is 2. The molecule has 0 spiro atoms. The summed E-state index contributed by atoms with van der Waals surface area (Å²) in [5.41, 5.74) is 8.50. The van der Waals surface area contributed by atoms with Crippen molar-refractivity contribution in [1.82, 2.24) is 30.1 Å². The fourth-order valence-electron chi connectivity index (χ4n) is 5.22. The summed E-state index contributed by atoms with van der Waals surface area (Å²) in [6.07, 6.45) is 8.87. The van der Waals surface area contributed by atoms with E-state index in [4.69, 9.17) is 0 Å². The molecule has 0 unspecified atom stereocenters. The predicted octanol–water partition coefficient (Wildman–Crippen LogP) is 6.86. The Hall–Kier alpha value is -5.70. The van der Waals surface area contributed by atoms with Gasteiger partial charge in [-0.2, -0.15) is 5.10 Å². The number of anilines is 1. The summed E-state index contributed by atoms with van der Waals surface area (Å²) in [5.74, 6) is -0.407. The number of hydrogen-bond acceptors (Lipinski definition) is 5. The van der Waals surface area contributed by atoms with E-state index in [9.17, 15) is 9.18 Å². The number of aryl methyl sites for hydroxylation is 1. The largest absolute Gasteiger partial charge is 0.352 e. The summed E-state index contributed by atoms with van der Waals surface area (Å²) in [6, 6.07) is 20.4. The zero-order chi connectivity index (χ0) is 28.6. The van der Waals surface area contributed by atoms with Crippen molar-refractivity contribution in [3.8, 4) is 33.6 Å². The average Bonchev–Trinajstić information content (AvgIpc) is 3.61. The van der Waals surface area contributed by atoms with E-state index in [-0.39, 0.29) is 18.1 Å². The number of pyridine rings is 3. The Balaban J connectivity index is 1.22. The fourth-order valence-corrected chi connectivity index (χ4v) is 5.22. The first-order valence-electron chi connectivity index (χ1n) is 13.4. The van der Waals surface area contributed by atoms with Crippen LogP contribution in [0.1, 0.15) is 11.1 Å². The van der Waals surface area contributed by atoms with E-state index in [1.165, 1.54) is 12.1 Å². The molecule has 5 heterocycles. The molecule has 0 aliphatic heterocycles. The van der Waals surface area contributed by atoms with Gasteiger partial charge in [0.1, 0.15) is 11.5 Å². The number of benzene rings is 2. The van der Waals surface area contributed by atoms with Gasteiger partial charge in [-0.3, -0.25) is 19.9 Å². The molecule has 8 nitrogen and oxygen atoms in total. The number of carbonyl (C=O) groups is 1. The SMILES string of the molecule is Cc1cc(F)cc(-c2cncc3[nH]c(-c4n[nH]c5ncc(-c6cncc(NC(=O)Cc7ccccc7)c6)cc45)cc23)c1. The second-order valence-electron chi connectivity index (χ2n) is 10.2. The lowest BCUT2D eigenvalue weighted by Crippen LogP contribution is -2.14. The third-order valence-electron chi connectivity index (χ3n) is 7.13. The van der Waals surface area contributed by atoms with Crippen LogP contribution in [0.15, 0.2) is 97.7 Å². The van der Waals surface area contributed by atoms with Crippen molar-refractivity contribution in [3.05, 3.63) is 115 Å². The number of rotatable bonds is 6. The zero-order valence-corrected chi connectivity index (χ0v) is 22.5. The molecule has 5 aromatic heterocycles. The quantitative estimate of drug-likeness (QED) is 0.208. The maximum atomic E-state index is 14.2. The normalized spacial score (nSPS) is 11.3. The van der Waals surface area contributed by atoms with Gasteiger partial charge in [-0.05, 0) is 53.9 Å². The molecule has 3 N–H and O–H groups in total. The average molecular weight is 554 g/mol. The Morgan fingerprint density at radius 3 is 2.55 bits per heavy atom. The maximum Gasteiger partial charge on any atom is 0.228 e. The van der Waals surface area contributed by atoms with Crippen LogP contribution in [0.2, 0.25) is 0 Å². The van der Waals surface area contributed by atoms with Crippen molar-refractivity contribution in [2.75, 3.05) is 5.32 Å². The minimum Gasteiger partial charge on any atom is -0.352 e. The highest BCUT2D eigenvalue weighted by Crippen LogP contribution is 2.35. The van der Waals surface area contributed by atoms with Gasteiger partial charge in [-0.1, -0.05) is 36.4 Å². The second kappa shape index (κ2) is 10.4. The number of nitrogens with zero attached hydrogens (tertiary/aromatic N) is 4. The summed E-state index contributed by atoms with van der Waals surface area (Å²) < 4.78 is 14.2. The molecule has 0 saturated carbocycles. The molecule has 0 aliphatic rings. The molecule has 42 heavy (non-hydrogen) atoms. The number of aromatic nitrogens is 6. The van der Waals surface area contributed by atoms with Crippen LogP contribution in [0.25, 0.3) is 55.6 Å². The topological polar surface area (TPSA) is 112 Å². The Labute approximate surface area is 239 Å². The first-order chi connectivity index (χ1) is 20.5. The van der Waals surface area contributed by atoms with Crippen LogP contribution in [0, 0.1) is 12.7 Å². The third-order valence-corrected chi connectivity index (χ3v) is 7.13. The molecule has 7 aromatic rings. The molecule has 0 bridgehead atoms. The van der Waals surface area contributed by atoms with Crippen LogP contribution in [0.4, 0.5) is 10.1 Å². The standard InChI is InChI=1S/C33H24FN7O/c1-19-7-21(10-24(34)8-19)28-17-36-18-30-26(28)13-29(39-30)32-27-12-23(15-37-33(27)41-40-32)22-11-25(16-35-14-22)38-31(42)9-20-5-3-2-4-6-20/h2-8,10-18,39H,9H2,1H3,(H,38,42)(H,37,40,41).